The lowest BCUT2D eigenvalue weighted by atomic mass is 10.3. The fraction of sp³-hybridized carbons (Fsp3) is 0.250. The number of nitrogens with zero attached hydrogens (tertiary/aromatic N) is 1. The van der Waals surface area contributed by atoms with Gasteiger partial charge >= 0.3 is 6.03 Å². The van der Waals surface area contributed by atoms with Crippen LogP contribution in [0.2, 0.25) is 0 Å². The van der Waals surface area contributed by atoms with E-state index in [0.29, 0.717) is 12.2 Å². The number of carbonyl (C=O) groups is 1. The van der Waals surface area contributed by atoms with E-state index in [9.17, 15) is 13.2 Å². The van der Waals surface area contributed by atoms with Crippen LogP contribution in [-0.2, 0) is 16.6 Å². The average Bonchev–Trinajstić information content (AvgIpc) is 2.53. The number of pyridine rings is 1. The molecule has 0 aliphatic carbocycles. The van der Waals surface area contributed by atoms with Crippen molar-refractivity contribution in [1.82, 2.24) is 15.0 Å². The fourth-order valence-electron chi connectivity index (χ4n) is 1.94. The highest BCUT2D eigenvalue weighted by atomic mass is 32.2. The number of urea groups is 1. The SMILES string of the molecule is CC(C)NS(=O)(=O)c1ccc(NC(=O)NCc2ccccn2)cc1. The molecule has 24 heavy (non-hydrogen) atoms. The van der Waals surface area contributed by atoms with Crippen molar-refractivity contribution in [3.8, 4) is 0 Å². The predicted octanol–water partition coefficient (Wildman–Crippen LogP) is 2.09. The molecule has 0 aliphatic rings. The second-order valence-electron chi connectivity index (χ2n) is 5.43. The van der Waals surface area contributed by atoms with Crippen LogP contribution in [0.15, 0.2) is 53.6 Å². The van der Waals surface area contributed by atoms with E-state index < -0.39 is 16.1 Å². The third-order valence-corrected chi connectivity index (χ3v) is 4.64. The molecule has 0 atom stereocenters. The zero-order valence-corrected chi connectivity index (χ0v) is 14.3. The molecule has 1 heterocycles. The molecule has 0 bridgehead atoms. The molecule has 0 saturated carbocycles. The Balaban J connectivity index is 1.92. The van der Waals surface area contributed by atoms with Crippen LogP contribution in [0.3, 0.4) is 0 Å². The monoisotopic (exact) mass is 348 g/mol. The third-order valence-electron chi connectivity index (χ3n) is 2.97. The molecule has 0 aliphatic heterocycles. The lowest BCUT2D eigenvalue weighted by Gasteiger charge is -2.11. The summed E-state index contributed by atoms with van der Waals surface area (Å²) in [6.45, 7) is 3.80. The normalized spacial score (nSPS) is 11.3. The number of benzene rings is 1. The van der Waals surface area contributed by atoms with E-state index in [1.54, 1.807) is 26.1 Å². The van der Waals surface area contributed by atoms with Crippen molar-refractivity contribution < 1.29 is 13.2 Å². The molecule has 0 fully saturated rings. The lowest BCUT2D eigenvalue weighted by molar-refractivity contribution is 0.251. The van der Waals surface area contributed by atoms with Gasteiger partial charge in [-0.05, 0) is 50.2 Å². The molecule has 2 amide bonds. The lowest BCUT2D eigenvalue weighted by Crippen LogP contribution is -2.30. The number of rotatable bonds is 6. The molecule has 1 aromatic carbocycles. The molecule has 3 N–H and O–H groups in total. The van der Waals surface area contributed by atoms with E-state index in [-0.39, 0.29) is 10.9 Å². The summed E-state index contributed by atoms with van der Waals surface area (Å²) in [4.78, 5) is 16.1. The van der Waals surface area contributed by atoms with Crippen LogP contribution >= 0.6 is 0 Å². The van der Waals surface area contributed by atoms with Crippen LogP contribution < -0.4 is 15.4 Å². The van der Waals surface area contributed by atoms with Gasteiger partial charge in [0.25, 0.3) is 0 Å². The maximum atomic E-state index is 12.0. The summed E-state index contributed by atoms with van der Waals surface area (Å²) in [5.41, 5.74) is 1.24. The zero-order chi connectivity index (χ0) is 17.6. The number of hydrogen-bond donors (Lipinski definition) is 3. The minimum absolute atomic E-state index is 0.149. The quantitative estimate of drug-likeness (QED) is 0.744. The van der Waals surface area contributed by atoms with Gasteiger partial charge in [0.15, 0.2) is 0 Å². The van der Waals surface area contributed by atoms with E-state index in [2.05, 4.69) is 20.3 Å². The van der Waals surface area contributed by atoms with Crippen molar-refractivity contribution in [2.45, 2.75) is 31.3 Å². The Morgan fingerprint density at radius 2 is 1.83 bits per heavy atom. The Hall–Kier alpha value is -2.45. The summed E-state index contributed by atoms with van der Waals surface area (Å²) in [5.74, 6) is 0. The molecule has 2 aromatic rings. The number of carbonyl (C=O) groups excluding carboxylic acids is 1. The second-order valence-corrected chi connectivity index (χ2v) is 7.14. The molecular formula is C16H20N4O3S. The molecule has 0 saturated heterocycles. The van der Waals surface area contributed by atoms with Crippen LogP contribution in [0.1, 0.15) is 19.5 Å². The number of aromatic nitrogens is 1. The van der Waals surface area contributed by atoms with Gasteiger partial charge < -0.3 is 10.6 Å². The Kier molecular flexibility index (Phi) is 5.88. The third kappa shape index (κ3) is 5.32. The van der Waals surface area contributed by atoms with Crippen molar-refractivity contribution in [2.75, 3.05) is 5.32 Å². The van der Waals surface area contributed by atoms with Gasteiger partial charge in [0, 0.05) is 17.9 Å². The number of nitrogens with one attached hydrogen (secondary N) is 3. The van der Waals surface area contributed by atoms with Crippen molar-refractivity contribution in [3.63, 3.8) is 0 Å². The highest BCUT2D eigenvalue weighted by Crippen LogP contribution is 2.14. The van der Waals surface area contributed by atoms with Crippen molar-refractivity contribution in [2.24, 2.45) is 0 Å². The van der Waals surface area contributed by atoms with Crippen LogP contribution in [0, 0.1) is 0 Å². The van der Waals surface area contributed by atoms with Crippen LogP contribution in [0.4, 0.5) is 10.5 Å². The zero-order valence-electron chi connectivity index (χ0n) is 13.5. The van der Waals surface area contributed by atoms with Gasteiger partial charge in [-0.15, -0.1) is 0 Å². The van der Waals surface area contributed by atoms with Crippen molar-refractivity contribution >= 4 is 21.7 Å². The Bertz CT molecular complexity index is 775. The smallest absolute Gasteiger partial charge is 0.319 e. The van der Waals surface area contributed by atoms with Crippen molar-refractivity contribution in [1.29, 1.82) is 0 Å². The molecule has 0 unspecified atom stereocenters. The maximum absolute atomic E-state index is 12.0. The molecule has 7 nitrogen and oxygen atoms in total. The summed E-state index contributed by atoms with van der Waals surface area (Å²) < 4.78 is 26.5. The van der Waals surface area contributed by atoms with E-state index in [1.165, 1.54) is 24.3 Å². The second kappa shape index (κ2) is 7.89. The highest BCUT2D eigenvalue weighted by molar-refractivity contribution is 7.89. The number of sulfonamides is 1. The Labute approximate surface area is 141 Å². The molecular weight excluding hydrogens is 328 g/mol. The van der Waals surface area contributed by atoms with E-state index >= 15 is 0 Å². The summed E-state index contributed by atoms with van der Waals surface area (Å²) in [6, 6.07) is 10.8. The van der Waals surface area contributed by atoms with Gasteiger partial charge in [0.05, 0.1) is 17.1 Å². The first-order valence-corrected chi connectivity index (χ1v) is 8.92. The summed E-state index contributed by atoms with van der Waals surface area (Å²) in [5, 5.41) is 5.31. The summed E-state index contributed by atoms with van der Waals surface area (Å²) in [7, 11) is -3.54. The fourth-order valence-corrected chi connectivity index (χ4v) is 3.20. The van der Waals surface area contributed by atoms with Gasteiger partial charge in [-0.25, -0.2) is 17.9 Å². The molecule has 8 heteroatoms. The molecule has 128 valence electrons. The van der Waals surface area contributed by atoms with E-state index in [4.69, 9.17) is 0 Å². The first-order valence-electron chi connectivity index (χ1n) is 7.44. The predicted molar refractivity (Wildman–Crippen MR) is 92.0 cm³/mol. The number of anilines is 1. The minimum Gasteiger partial charge on any atom is -0.332 e. The van der Waals surface area contributed by atoms with Gasteiger partial charge in [0.1, 0.15) is 0 Å². The Morgan fingerprint density at radius 3 is 2.42 bits per heavy atom. The van der Waals surface area contributed by atoms with Crippen LogP contribution in [-0.4, -0.2) is 25.5 Å². The molecule has 0 radical (unpaired) electrons. The van der Waals surface area contributed by atoms with Crippen LogP contribution in [0.25, 0.3) is 0 Å². The van der Waals surface area contributed by atoms with Gasteiger partial charge in [-0.1, -0.05) is 6.07 Å². The number of hydrogen-bond acceptors (Lipinski definition) is 4. The largest absolute Gasteiger partial charge is 0.332 e. The average molecular weight is 348 g/mol. The Morgan fingerprint density at radius 1 is 1.12 bits per heavy atom. The van der Waals surface area contributed by atoms with Crippen molar-refractivity contribution in [3.05, 3.63) is 54.4 Å². The summed E-state index contributed by atoms with van der Waals surface area (Å²) in [6.07, 6.45) is 1.65. The maximum Gasteiger partial charge on any atom is 0.319 e. The first kappa shape index (κ1) is 17.9. The molecule has 0 spiro atoms. The van der Waals surface area contributed by atoms with Gasteiger partial charge in [-0.3, -0.25) is 4.98 Å². The highest BCUT2D eigenvalue weighted by Gasteiger charge is 2.15. The minimum atomic E-state index is -3.54. The van der Waals surface area contributed by atoms with Gasteiger partial charge in [0.2, 0.25) is 10.0 Å². The standard InChI is InChI=1S/C16H20N4O3S/c1-12(2)20-24(22,23)15-8-6-13(7-9-15)19-16(21)18-11-14-5-3-4-10-17-14/h3-10,12,20H,11H2,1-2H3,(H2,18,19,21). The van der Waals surface area contributed by atoms with E-state index in [0.717, 1.165) is 5.69 Å². The van der Waals surface area contributed by atoms with Crippen LogP contribution in [0.5, 0.6) is 0 Å². The molecule has 1 aromatic heterocycles. The number of amides is 2. The van der Waals surface area contributed by atoms with Gasteiger partial charge in [-0.2, -0.15) is 0 Å². The van der Waals surface area contributed by atoms with E-state index in [1.807, 2.05) is 12.1 Å². The molecule has 2 rings (SSSR count). The topological polar surface area (TPSA) is 100 Å². The first-order chi connectivity index (χ1) is 11.4. The summed E-state index contributed by atoms with van der Waals surface area (Å²) >= 11 is 0.